The third kappa shape index (κ3) is 5.51. The van der Waals surface area contributed by atoms with E-state index < -0.39 is 0 Å². The van der Waals surface area contributed by atoms with Crippen LogP contribution >= 0.6 is 0 Å². The Kier molecular flexibility index (Phi) is 9.42. The highest BCUT2D eigenvalue weighted by Gasteiger charge is 2.39. The van der Waals surface area contributed by atoms with E-state index >= 15 is 0 Å². The standard InChI is InChI=1S/C52H50N2O4/c1-7-11-13-31-15-18-34(30(6)10-4)44(27-31)54-51(57)41-25-21-37-35-19-23-39-47-40(24-20-36(45(35)47)38-22-26-42(52(54)58)48(41)46(37)38)50(56)53(49(39)55)43-28-33(29(5)9-3)17-16-32(43)14-12-8-2/h15-30H,7-14H2,1-6H3. The van der Waals surface area contributed by atoms with Gasteiger partial charge in [0, 0.05) is 33.0 Å². The van der Waals surface area contributed by atoms with Gasteiger partial charge in [-0.25, -0.2) is 9.80 Å². The zero-order chi connectivity index (χ0) is 40.6. The lowest BCUT2D eigenvalue weighted by atomic mass is 9.82. The van der Waals surface area contributed by atoms with Crippen LogP contribution in [-0.4, -0.2) is 23.6 Å². The van der Waals surface area contributed by atoms with Crippen LogP contribution in [0.5, 0.6) is 0 Å². The van der Waals surface area contributed by atoms with Crippen molar-refractivity contribution < 1.29 is 19.2 Å². The molecule has 6 heteroatoms. The second-order valence-electron chi connectivity index (χ2n) is 16.6. The second-order valence-corrected chi connectivity index (χ2v) is 16.6. The van der Waals surface area contributed by atoms with E-state index in [1.807, 2.05) is 48.5 Å². The zero-order valence-corrected chi connectivity index (χ0v) is 34.4. The summed E-state index contributed by atoms with van der Waals surface area (Å²) in [7, 11) is 0. The maximum Gasteiger partial charge on any atom is 0.265 e. The molecule has 0 fully saturated rings. The minimum Gasteiger partial charge on any atom is -0.268 e. The number of nitrogens with zero attached hydrogens (tertiary/aromatic N) is 2. The van der Waals surface area contributed by atoms with Gasteiger partial charge >= 0.3 is 0 Å². The van der Waals surface area contributed by atoms with Crippen LogP contribution in [0, 0.1) is 0 Å². The highest BCUT2D eigenvalue weighted by Crippen LogP contribution is 2.48. The molecule has 0 saturated carbocycles. The molecule has 0 radical (unpaired) electrons. The van der Waals surface area contributed by atoms with Gasteiger partial charge in [-0.05, 0) is 141 Å². The van der Waals surface area contributed by atoms with Gasteiger partial charge in [0.15, 0.2) is 0 Å². The van der Waals surface area contributed by atoms with Gasteiger partial charge in [-0.2, -0.15) is 0 Å². The fourth-order valence-corrected chi connectivity index (χ4v) is 9.57. The molecule has 0 bridgehead atoms. The van der Waals surface area contributed by atoms with E-state index in [4.69, 9.17) is 0 Å². The van der Waals surface area contributed by atoms with E-state index in [0.29, 0.717) is 44.4 Å². The quantitative estimate of drug-likeness (QED) is 0.0705. The molecule has 2 aliphatic rings. The van der Waals surface area contributed by atoms with Crippen LogP contribution in [0.4, 0.5) is 11.4 Å². The van der Waals surface area contributed by atoms with Gasteiger partial charge in [-0.15, -0.1) is 0 Å². The van der Waals surface area contributed by atoms with Gasteiger partial charge < -0.3 is 0 Å². The lowest BCUT2D eigenvalue weighted by molar-refractivity contribution is 0.0877. The predicted octanol–water partition coefficient (Wildman–Crippen LogP) is 13.1. The van der Waals surface area contributed by atoms with Crippen molar-refractivity contribution in [2.45, 2.75) is 105 Å². The van der Waals surface area contributed by atoms with Crippen LogP contribution in [-0.2, 0) is 12.8 Å². The topological polar surface area (TPSA) is 74.8 Å². The number of unbranched alkanes of at least 4 members (excludes halogenated alkanes) is 2. The average Bonchev–Trinajstić information content (AvgIpc) is 3.25. The monoisotopic (exact) mass is 766 g/mol. The Balaban J connectivity index is 1.21. The Morgan fingerprint density at radius 2 is 0.931 bits per heavy atom. The summed E-state index contributed by atoms with van der Waals surface area (Å²) in [4.78, 5) is 61.6. The second kappa shape index (κ2) is 14.5. The first-order valence-corrected chi connectivity index (χ1v) is 21.4. The van der Waals surface area contributed by atoms with Crippen LogP contribution in [0.2, 0.25) is 0 Å². The number of aryl methyl sites for hydroxylation is 2. The molecule has 6 nitrogen and oxygen atoms in total. The Labute approximate surface area is 340 Å². The Morgan fingerprint density at radius 1 is 0.466 bits per heavy atom. The normalized spacial score (nSPS) is 15.2. The highest BCUT2D eigenvalue weighted by atomic mass is 16.2. The summed E-state index contributed by atoms with van der Waals surface area (Å²) < 4.78 is 0. The average molecular weight is 767 g/mol. The summed E-state index contributed by atoms with van der Waals surface area (Å²) in [6.07, 6.45) is 7.55. The van der Waals surface area contributed by atoms with E-state index in [9.17, 15) is 19.2 Å². The lowest BCUT2D eigenvalue weighted by Gasteiger charge is -2.32. The van der Waals surface area contributed by atoms with Crippen LogP contribution in [0.25, 0.3) is 43.1 Å². The number of anilines is 2. The van der Waals surface area contributed by atoms with Crippen molar-refractivity contribution in [3.8, 4) is 0 Å². The lowest BCUT2D eigenvalue weighted by Crippen LogP contribution is -2.41. The largest absolute Gasteiger partial charge is 0.268 e. The molecule has 2 aliphatic heterocycles. The maximum atomic E-state index is 14.7. The molecule has 4 amide bonds. The van der Waals surface area contributed by atoms with E-state index in [2.05, 4.69) is 77.9 Å². The van der Waals surface area contributed by atoms with Gasteiger partial charge in [0.25, 0.3) is 23.6 Å². The van der Waals surface area contributed by atoms with Crippen molar-refractivity contribution in [2.75, 3.05) is 9.80 Å². The summed E-state index contributed by atoms with van der Waals surface area (Å²) in [5.74, 6) is -0.821. The fraction of sp³-hybridized carbons (Fsp3) is 0.308. The SMILES string of the molecule is CCCCc1ccc(C(C)CC)c(N2C(=O)c3ccc4c5ccc6c7c(ccc(c8ccc(c3c48)C2=O)c75)C(=O)N(c2cc(C(C)CC)ccc2CCCC)C6=O)c1. The first kappa shape index (κ1) is 37.7. The number of carbonyl (C=O) groups excluding carboxylic acids is 4. The van der Waals surface area contributed by atoms with E-state index in [0.717, 1.165) is 106 Å². The maximum absolute atomic E-state index is 14.7. The molecule has 0 aromatic heterocycles. The Morgan fingerprint density at radius 3 is 1.40 bits per heavy atom. The van der Waals surface area contributed by atoms with Gasteiger partial charge in [-0.3, -0.25) is 19.2 Å². The van der Waals surface area contributed by atoms with E-state index in [-0.39, 0.29) is 35.5 Å². The van der Waals surface area contributed by atoms with Gasteiger partial charge in [0.2, 0.25) is 0 Å². The molecule has 9 rings (SSSR count). The van der Waals surface area contributed by atoms with Crippen LogP contribution in [0.1, 0.15) is 156 Å². The number of rotatable bonds is 12. The summed E-state index contributed by atoms with van der Waals surface area (Å²) in [5.41, 5.74) is 7.58. The van der Waals surface area contributed by atoms with Crippen molar-refractivity contribution in [1.29, 1.82) is 0 Å². The molecule has 2 atom stereocenters. The van der Waals surface area contributed by atoms with E-state index in [1.54, 1.807) is 0 Å². The molecule has 0 aliphatic carbocycles. The first-order valence-electron chi connectivity index (χ1n) is 21.4. The smallest absolute Gasteiger partial charge is 0.265 e. The minimum absolute atomic E-state index is 0.162. The van der Waals surface area contributed by atoms with Crippen molar-refractivity contribution in [3.05, 3.63) is 129 Å². The van der Waals surface area contributed by atoms with Crippen molar-refractivity contribution in [2.24, 2.45) is 0 Å². The molecular formula is C52H50N2O4. The summed E-state index contributed by atoms with van der Waals surface area (Å²) in [6, 6.07) is 27.9. The first-order chi connectivity index (χ1) is 28.1. The minimum atomic E-state index is -0.318. The molecule has 2 heterocycles. The molecule has 0 N–H and O–H groups in total. The molecule has 7 aromatic rings. The number of fused-ring (bicyclic) bond motifs is 2. The van der Waals surface area contributed by atoms with Crippen LogP contribution in [0.3, 0.4) is 0 Å². The molecule has 58 heavy (non-hydrogen) atoms. The predicted molar refractivity (Wildman–Crippen MR) is 237 cm³/mol. The molecule has 0 spiro atoms. The molecule has 2 unspecified atom stereocenters. The number of amides is 4. The van der Waals surface area contributed by atoms with Gasteiger partial charge in [0.1, 0.15) is 0 Å². The third-order valence-electron chi connectivity index (χ3n) is 13.3. The number of hydrogen-bond acceptors (Lipinski definition) is 4. The summed E-state index contributed by atoms with van der Waals surface area (Å²) >= 11 is 0. The van der Waals surface area contributed by atoms with Gasteiger partial charge in [-0.1, -0.05) is 103 Å². The highest BCUT2D eigenvalue weighted by molar-refractivity contribution is 6.45. The number of carbonyl (C=O) groups is 4. The summed E-state index contributed by atoms with van der Waals surface area (Å²) in [6.45, 7) is 12.9. The van der Waals surface area contributed by atoms with Crippen LogP contribution in [0.15, 0.2) is 84.9 Å². The number of hydrogen-bond donors (Lipinski definition) is 0. The van der Waals surface area contributed by atoms with Crippen molar-refractivity contribution in [1.82, 2.24) is 0 Å². The Hall–Kier alpha value is -5.88. The van der Waals surface area contributed by atoms with Crippen LogP contribution < -0.4 is 9.80 Å². The summed E-state index contributed by atoms with van der Waals surface area (Å²) in [5, 5.41) is 6.55. The molecule has 292 valence electrons. The third-order valence-corrected chi connectivity index (χ3v) is 13.3. The molecule has 0 saturated heterocycles. The molecular weight excluding hydrogens is 717 g/mol. The number of benzene rings is 7. The number of imide groups is 2. The van der Waals surface area contributed by atoms with Gasteiger partial charge in [0.05, 0.1) is 11.4 Å². The molecule has 7 aromatic carbocycles. The van der Waals surface area contributed by atoms with Crippen molar-refractivity contribution >= 4 is 78.1 Å². The van der Waals surface area contributed by atoms with Crippen molar-refractivity contribution in [3.63, 3.8) is 0 Å². The zero-order valence-electron chi connectivity index (χ0n) is 34.4. The Bertz CT molecular complexity index is 2750. The fourth-order valence-electron chi connectivity index (χ4n) is 9.57. The van der Waals surface area contributed by atoms with E-state index in [1.165, 1.54) is 9.80 Å².